The minimum absolute atomic E-state index is 0.00983. The number of hydrogen-bond donors (Lipinski definition) is 2. The number of rotatable bonds is 7. The molecule has 1 saturated heterocycles. The Balaban J connectivity index is 1.74. The smallest absolute Gasteiger partial charge is 0.251 e. The first kappa shape index (κ1) is 18.0. The Morgan fingerprint density at radius 1 is 1.29 bits per heavy atom. The Morgan fingerprint density at radius 3 is 2.54 bits per heavy atom. The van der Waals surface area contributed by atoms with E-state index in [1.165, 1.54) is 0 Å². The van der Waals surface area contributed by atoms with Gasteiger partial charge < -0.3 is 15.4 Å². The van der Waals surface area contributed by atoms with Crippen molar-refractivity contribution in [2.75, 3.05) is 33.3 Å². The molecule has 24 heavy (non-hydrogen) atoms. The molecule has 0 unspecified atom stereocenters. The SMILES string of the molecule is C=CCNC(=O)CN1CCC(NC(=O)c2ccc(OC)cc2)CC1. The van der Waals surface area contributed by atoms with E-state index in [0.29, 0.717) is 18.7 Å². The molecule has 0 atom stereocenters. The molecule has 1 aliphatic rings. The van der Waals surface area contributed by atoms with E-state index in [-0.39, 0.29) is 17.9 Å². The summed E-state index contributed by atoms with van der Waals surface area (Å²) in [5.74, 6) is 0.671. The quantitative estimate of drug-likeness (QED) is 0.737. The van der Waals surface area contributed by atoms with Crippen molar-refractivity contribution in [3.8, 4) is 5.75 Å². The van der Waals surface area contributed by atoms with Gasteiger partial charge in [-0.2, -0.15) is 0 Å². The number of nitrogens with one attached hydrogen (secondary N) is 2. The Kier molecular flexibility index (Phi) is 6.81. The summed E-state index contributed by atoms with van der Waals surface area (Å²) in [6.45, 7) is 6.07. The maximum absolute atomic E-state index is 12.3. The third-order valence-electron chi connectivity index (χ3n) is 4.09. The molecule has 6 nitrogen and oxygen atoms in total. The molecule has 0 aliphatic carbocycles. The molecule has 1 heterocycles. The molecule has 1 fully saturated rings. The molecule has 0 saturated carbocycles. The second-order valence-corrected chi connectivity index (χ2v) is 5.85. The van der Waals surface area contributed by atoms with Gasteiger partial charge in [0.25, 0.3) is 5.91 Å². The zero-order valence-corrected chi connectivity index (χ0v) is 14.1. The summed E-state index contributed by atoms with van der Waals surface area (Å²) in [4.78, 5) is 26.0. The summed E-state index contributed by atoms with van der Waals surface area (Å²) in [5, 5.41) is 5.84. The highest BCUT2D eigenvalue weighted by atomic mass is 16.5. The van der Waals surface area contributed by atoms with E-state index in [2.05, 4.69) is 22.1 Å². The second-order valence-electron chi connectivity index (χ2n) is 5.85. The standard InChI is InChI=1S/C18H25N3O3/c1-3-10-19-17(22)13-21-11-8-15(9-12-21)20-18(23)14-4-6-16(24-2)7-5-14/h3-7,15H,1,8-13H2,2H3,(H,19,22)(H,20,23). The second kappa shape index (κ2) is 9.08. The van der Waals surface area contributed by atoms with Crippen molar-refractivity contribution >= 4 is 11.8 Å². The lowest BCUT2D eigenvalue weighted by Crippen LogP contribution is -2.47. The van der Waals surface area contributed by atoms with Crippen LogP contribution in [0.25, 0.3) is 0 Å². The minimum Gasteiger partial charge on any atom is -0.497 e. The Morgan fingerprint density at radius 2 is 1.96 bits per heavy atom. The van der Waals surface area contributed by atoms with E-state index in [4.69, 9.17) is 4.74 Å². The number of benzene rings is 1. The molecule has 2 rings (SSSR count). The molecule has 1 aromatic carbocycles. The summed E-state index contributed by atoms with van der Waals surface area (Å²) < 4.78 is 5.09. The molecule has 130 valence electrons. The predicted molar refractivity (Wildman–Crippen MR) is 93.1 cm³/mol. The lowest BCUT2D eigenvalue weighted by molar-refractivity contribution is -0.122. The normalized spacial score (nSPS) is 15.5. The van der Waals surface area contributed by atoms with Crippen molar-refractivity contribution in [2.45, 2.75) is 18.9 Å². The van der Waals surface area contributed by atoms with Gasteiger partial charge in [-0.1, -0.05) is 6.08 Å². The summed E-state index contributed by atoms with van der Waals surface area (Å²) in [5.41, 5.74) is 0.627. The number of hydrogen-bond acceptors (Lipinski definition) is 4. The lowest BCUT2D eigenvalue weighted by Gasteiger charge is -2.31. The van der Waals surface area contributed by atoms with Gasteiger partial charge in [-0.05, 0) is 37.1 Å². The van der Waals surface area contributed by atoms with E-state index in [1.807, 2.05) is 0 Å². The van der Waals surface area contributed by atoms with Crippen LogP contribution in [0.3, 0.4) is 0 Å². The average molecular weight is 331 g/mol. The van der Waals surface area contributed by atoms with Gasteiger partial charge in [0.1, 0.15) is 5.75 Å². The van der Waals surface area contributed by atoms with Crippen LogP contribution in [0.4, 0.5) is 0 Å². The fraction of sp³-hybridized carbons (Fsp3) is 0.444. The van der Waals surface area contributed by atoms with Crippen LogP contribution in [0.2, 0.25) is 0 Å². The molecule has 1 aliphatic heterocycles. The van der Waals surface area contributed by atoms with Crippen LogP contribution >= 0.6 is 0 Å². The number of carbonyl (C=O) groups is 2. The molecule has 0 aromatic heterocycles. The molecule has 0 bridgehead atoms. The van der Waals surface area contributed by atoms with Crippen LogP contribution in [0.1, 0.15) is 23.2 Å². The van der Waals surface area contributed by atoms with Crippen molar-refractivity contribution in [1.29, 1.82) is 0 Å². The van der Waals surface area contributed by atoms with Crippen LogP contribution in [-0.2, 0) is 4.79 Å². The highest BCUT2D eigenvalue weighted by molar-refractivity contribution is 5.94. The number of methoxy groups -OCH3 is 1. The molecule has 2 N–H and O–H groups in total. The number of ether oxygens (including phenoxy) is 1. The first-order valence-corrected chi connectivity index (χ1v) is 8.17. The van der Waals surface area contributed by atoms with Crippen LogP contribution in [0.5, 0.6) is 5.75 Å². The summed E-state index contributed by atoms with van der Waals surface area (Å²) in [7, 11) is 1.60. The zero-order chi connectivity index (χ0) is 17.4. The summed E-state index contributed by atoms with van der Waals surface area (Å²) >= 11 is 0. The van der Waals surface area contributed by atoms with Gasteiger partial charge in [-0.15, -0.1) is 6.58 Å². The molecular formula is C18H25N3O3. The van der Waals surface area contributed by atoms with E-state index >= 15 is 0 Å². The van der Waals surface area contributed by atoms with Crippen molar-refractivity contribution < 1.29 is 14.3 Å². The summed E-state index contributed by atoms with van der Waals surface area (Å²) in [6, 6.07) is 7.21. The van der Waals surface area contributed by atoms with Gasteiger partial charge in [0.2, 0.25) is 5.91 Å². The number of amides is 2. The van der Waals surface area contributed by atoms with Gasteiger partial charge in [0.15, 0.2) is 0 Å². The molecular weight excluding hydrogens is 306 g/mol. The fourth-order valence-electron chi connectivity index (χ4n) is 2.69. The van der Waals surface area contributed by atoms with Crippen molar-refractivity contribution in [2.24, 2.45) is 0 Å². The van der Waals surface area contributed by atoms with Gasteiger partial charge in [-0.25, -0.2) is 0 Å². The van der Waals surface area contributed by atoms with Crippen LogP contribution in [0.15, 0.2) is 36.9 Å². The third kappa shape index (κ3) is 5.38. The van der Waals surface area contributed by atoms with Gasteiger partial charge >= 0.3 is 0 Å². The molecule has 1 aromatic rings. The maximum atomic E-state index is 12.3. The predicted octanol–water partition coefficient (Wildman–Crippen LogP) is 1.19. The first-order chi connectivity index (χ1) is 11.6. The average Bonchev–Trinajstić information content (AvgIpc) is 2.61. The van der Waals surface area contributed by atoms with E-state index in [0.717, 1.165) is 31.7 Å². The molecule has 6 heteroatoms. The Bertz CT molecular complexity index is 563. The number of nitrogens with zero attached hydrogens (tertiary/aromatic N) is 1. The van der Waals surface area contributed by atoms with Gasteiger partial charge in [0.05, 0.1) is 13.7 Å². The van der Waals surface area contributed by atoms with E-state index in [1.54, 1.807) is 37.5 Å². The van der Waals surface area contributed by atoms with Crippen molar-refractivity contribution in [3.63, 3.8) is 0 Å². The minimum atomic E-state index is -0.0696. The van der Waals surface area contributed by atoms with Crippen LogP contribution < -0.4 is 15.4 Å². The zero-order valence-electron chi connectivity index (χ0n) is 14.1. The van der Waals surface area contributed by atoms with E-state index < -0.39 is 0 Å². The largest absolute Gasteiger partial charge is 0.497 e. The number of piperidine rings is 1. The number of likely N-dealkylation sites (tertiary alicyclic amines) is 1. The Labute approximate surface area is 142 Å². The summed E-state index contributed by atoms with van der Waals surface area (Å²) in [6.07, 6.45) is 3.35. The first-order valence-electron chi connectivity index (χ1n) is 8.17. The maximum Gasteiger partial charge on any atom is 0.251 e. The third-order valence-corrected chi connectivity index (χ3v) is 4.09. The van der Waals surface area contributed by atoms with Crippen molar-refractivity contribution in [1.82, 2.24) is 15.5 Å². The Hall–Kier alpha value is -2.34. The lowest BCUT2D eigenvalue weighted by atomic mass is 10.0. The fourth-order valence-corrected chi connectivity index (χ4v) is 2.69. The van der Waals surface area contributed by atoms with Crippen molar-refractivity contribution in [3.05, 3.63) is 42.5 Å². The molecule has 0 radical (unpaired) electrons. The van der Waals surface area contributed by atoms with Gasteiger partial charge in [-0.3, -0.25) is 14.5 Å². The molecule has 0 spiro atoms. The highest BCUT2D eigenvalue weighted by Gasteiger charge is 2.22. The van der Waals surface area contributed by atoms with Crippen LogP contribution in [-0.4, -0.2) is 56.0 Å². The van der Waals surface area contributed by atoms with Crippen LogP contribution in [0, 0.1) is 0 Å². The number of carbonyl (C=O) groups excluding carboxylic acids is 2. The van der Waals surface area contributed by atoms with E-state index in [9.17, 15) is 9.59 Å². The highest BCUT2D eigenvalue weighted by Crippen LogP contribution is 2.13. The topological polar surface area (TPSA) is 70.7 Å². The van der Waals surface area contributed by atoms with Gasteiger partial charge in [0, 0.05) is 31.2 Å². The molecule has 2 amide bonds. The monoisotopic (exact) mass is 331 g/mol.